The number of aromatic hydroxyl groups is 1. The number of fused-ring (bicyclic) bond motifs is 2. The van der Waals surface area contributed by atoms with Crippen LogP contribution in [0.1, 0.15) is 6.04 Å². The van der Waals surface area contributed by atoms with Crippen LogP contribution in [0.15, 0.2) is 78.4 Å². The first kappa shape index (κ1) is 18.1. The summed E-state index contributed by atoms with van der Waals surface area (Å²) in [7, 11) is 0. The molecule has 148 valence electrons. The van der Waals surface area contributed by atoms with E-state index >= 15 is 0 Å². The topological polar surface area (TPSA) is 75.4 Å². The van der Waals surface area contributed by atoms with Gasteiger partial charge in [0.1, 0.15) is 5.75 Å². The standard InChI is InChI=1S/C24H19N3O3/c1-2-23(29)26-12-17(13-26)27-14-25-22-10-16(7-8-20(22)24(27)30)21-11-18(28)9-15-5-3-4-6-19(15)21/h2-11,14,17,28H,1,12-13H2. The lowest BCUT2D eigenvalue weighted by Crippen LogP contribution is -2.52. The lowest BCUT2D eigenvalue weighted by atomic mass is 9.97. The van der Waals surface area contributed by atoms with E-state index in [1.165, 1.54) is 6.08 Å². The Morgan fingerprint density at radius 2 is 1.90 bits per heavy atom. The summed E-state index contributed by atoms with van der Waals surface area (Å²) in [5, 5.41) is 12.6. The number of nitrogens with zero attached hydrogens (tertiary/aromatic N) is 3. The van der Waals surface area contributed by atoms with Gasteiger partial charge in [0.05, 0.1) is 23.3 Å². The fraction of sp³-hybridized carbons (Fsp3) is 0.125. The van der Waals surface area contributed by atoms with Crippen LogP contribution in [0.2, 0.25) is 0 Å². The molecule has 1 amide bonds. The molecule has 0 radical (unpaired) electrons. The number of hydrogen-bond donors (Lipinski definition) is 1. The molecule has 30 heavy (non-hydrogen) atoms. The van der Waals surface area contributed by atoms with E-state index in [-0.39, 0.29) is 23.3 Å². The Labute approximate surface area is 172 Å². The molecule has 1 aliphatic rings. The number of amides is 1. The average Bonchev–Trinajstić information content (AvgIpc) is 2.73. The Balaban J connectivity index is 1.55. The zero-order chi connectivity index (χ0) is 20.8. The molecule has 0 saturated carbocycles. The van der Waals surface area contributed by atoms with E-state index < -0.39 is 0 Å². The van der Waals surface area contributed by atoms with Gasteiger partial charge in [0.25, 0.3) is 5.56 Å². The third kappa shape index (κ3) is 2.85. The van der Waals surface area contributed by atoms with Crippen LogP contribution < -0.4 is 5.56 Å². The minimum Gasteiger partial charge on any atom is -0.508 e. The van der Waals surface area contributed by atoms with Gasteiger partial charge in [0.15, 0.2) is 0 Å². The minimum absolute atomic E-state index is 0.0759. The zero-order valence-corrected chi connectivity index (χ0v) is 16.2. The van der Waals surface area contributed by atoms with Gasteiger partial charge in [-0.1, -0.05) is 36.9 Å². The van der Waals surface area contributed by atoms with Crippen LogP contribution in [0.25, 0.3) is 32.8 Å². The second kappa shape index (κ2) is 6.84. The Morgan fingerprint density at radius 3 is 2.70 bits per heavy atom. The summed E-state index contributed by atoms with van der Waals surface area (Å²) in [4.78, 5) is 30.8. The van der Waals surface area contributed by atoms with Crippen LogP contribution in [0.5, 0.6) is 5.75 Å². The number of phenols is 1. The maximum Gasteiger partial charge on any atom is 0.261 e. The molecule has 1 N–H and O–H groups in total. The lowest BCUT2D eigenvalue weighted by Gasteiger charge is -2.39. The third-order valence-corrected chi connectivity index (χ3v) is 5.68. The summed E-state index contributed by atoms with van der Waals surface area (Å²) >= 11 is 0. The minimum atomic E-state index is -0.129. The molecule has 0 spiro atoms. The van der Waals surface area contributed by atoms with Gasteiger partial charge in [-0.2, -0.15) is 0 Å². The number of aromatic nitrogens is 2. The van der Waals surface area contributed by atoms with E-state index in [1.54, 1.807) is 34.0 Å². The molecule has 0 aliphatic carbocycles. The first-order valence-electron chi connectivity index (χ1n) is 9.69. The smallest absolute Gasteiger partial charge is 0.261 e. The number of carbonyl (C=O) groups is 1. The summed E-state index contributed by atoms with van der Waals surface area (Å²) in [5.74, 6) is 0.0619. The number of hydrogen-bond acceptors (Lipinski definition) is 4. The largest absolute Gasteiger partial charge is 0.508 e. The number of carbonyl (C=O) groups excluding carboxylic acids is 1. The highest BCUT2D eigenvalue weighted by Crippen LogP contribution is 2.33. The van der Waals surface area contributed by atoms with Crippen molar-refractivity contribution in [2.75, 3.05) is 13.1 Å². The van der Waals surface area contributed by atoms with E-state index in [0.29, 0.717) is 24.0 Å². The SMILES string of the molecule is C=CC(=O)N1CC(n2cnc3cc(-c4cc(O)cc5ccccc45)ccc3c2=O)C1. The van der Waals surface area contributed by atoms with Crippen LogP contribution in [0, 0.1) is 0 Å². The summed E-state index contributed by atoms with van der Waals surface area (Å²) in [6.45, 7) is 4.44. The molecule has 1 saturated heterocycles. The number of phenolic OH excluding ortho intramolecular Hbond substituents is 1. The summed E-state index contributed by atoms with van der Waals surface area (Å²) < 4.78 is 1.60. The van der Waals surface area contributed by atoms with Crippen molar-refractivity contribution in [3.63, 3.8) is 0 Å². The van der Waals surface area contributed by atoms with Crippen molar-refractivity contribution in [2.45, 2.75) is 6.04 Å². The molecule has 1 aromatic heterocycles. The summed E-state index contributed by atoms with van der Waals surface area (Å²) in [6.07, 6.45) is 2.83. The second-order valence-corrected chi connectivity index (χ2v) is 7.50. The predicted octanol–water partition coefficient (Wildman–Crippen LogP) is 3.49. The van der Waals surface area contributed by atoms with E-state index in [1.807, 2.05) is 36.4 Å². The zero-order valence-electron chi connectivity index (χ0n) is 16.2. The van der Waals surface area contributed by atoms with Gasteiger partial charge < -0.3 is 10.0 Å². The fourth-order valence-corrected chi connectivity index (χ4v) is 4.04. The highest BCUT2D eigenvalue weighted by atomic mass is 16.3. The molecule has 5 rings (SSSR count). The molecule has 6 nitrogen and oxygen atoms in total. The molecule has 6 heteroatoms. The Morgan fingerprint density at radius 1 is 1.10 bits per heavy atom. The van der Waals surface area contributed by atoms with Crippen molar-refractivity contribution in [2.24, 2.45) is 0 Å². The average molecular weight is 397 g/mol. The maximum atomic E-state index is 13.0. The first-order chi connectivity index (χ1) is 14.5. The van der Waals surface area contributed by atoms with Gasteiger partial charge in [0, 0.05) is 13.1 Å². The molecule has 0 bridgehead atoms. The Hall–Kier alpha value is -3.93. The Kier molecular flexibility index (Phi) is 4.13. The van der Waals surface area contributed by atoms with Gasteiger partial charge in [-0.25, -0.2) is 4.98 Å². The second-order valence-electron chi connectivity index (χ2n) is 7.50. The van der Waals surface area contributed by atoms with Crippen LogP contribution in [-0.2, 0) is 4.79 Å². The van der Waals surface area contributed by atoms with Crippen molar-refractivity contribution in [3.05, 3.63) is 83.9 Å². The van der Waals surface area contributed by atoms with Gasteiger partial charge in [-0.3, -0.25) is 14.2 Å². The van der Waals surface area contributed by atoms with Gasteiger partial charge in [0.2, 0.25) is 5.91 Å². The predicted molar refractivity (Wildman–Crippen MR) is 116 cm³/mol. The fourth-order valence-electron chi connectivity index (χ4n) is 4.04. The lowest BCUT2D eigenvalue weighted by molar-refractivity contribution is -0.131. The summed E-state index contributed by atoms with van der Waals surface area (Å²) in [6, 6.07) is 16.8. The molecule has 4 aromatic rings. The maximum absolute atomic E-state index is 13.0. The molecule has 1 aliphatic heterocycles. The molecular weight excluding hydrogens is 378 g/mol. The van der Waals surface area contributed by atoms with Crippen molar-refractivity contribution in [1.29, 1.82) is 0 Å². The van der Waals surface area contributed by atoms with Gasteiger partial charge in [-0.05, 0) is 52.2 Å². The molecule has 0 unspecified atom stereocenters. The van der Waals surface area contributed by atoms with E-state index in [2.05, 4.69) is 11.6 Å². The monoisotopic (exact) mass is 397 g/mol. The van der Waals surface area contributed by atoms with Crippen molar-refractivity contribution < 1.29 is 9.90 Å². The van der Waals surface area contributed by atoms with E-state index in [4.69, 9.17) is 0 Å². The van der Waals surface area contributed by atoms with Crippen LogP contribution in [-0.4, -0.2) is 38.6 Å². The normalized spacial score (nSPS) is 14.1. The van der Waals surface area contributed by atoms with Crippen molar-refractivity contribution in [3.8, 4) is 16.9 Å². The van der Waals surface area contributed by atoms with Gasteiger partial charge >= 0.3 is 0 Å². The number of benzene rings is 3. The highest BCUT2D eigenvalue weighted by Gasteiger charge is 2.31. The molecule has 0 atom stereocenters. The molecule has 1 fully saturated rings. The molecular formula is C24H19N3O3. The van der Waals surface area contributed by atoms with Crippen molar-refractivity contribution >= 4 is 27.6 Å². The van der Waals surface area contributed by atoms with Gasteiger partial charge in [-0.15, -0.1) is 0 Å². The Bertz CT molecular complexity index is 1380. The first-order valence-corrected chi connectivity index (χ1v) is 9.69. The third-order valence-electron chi connectivity index (χ3n) is 5.68. The van der Waals surface area contributed by atoms with Crippen LogP contribution >= 0.6 is 0 Å². The van der Waals surface area contributed by atoms with Crippen molar-refractivity contribution in [1.82, 2.24) is 14.5 Å². The number of likely N-dealkylation sites (tertiary alicyclic amines) is 1. The molecule has 2 heterocycles. The van der Waals surface area contributed by atoms with E-state index in [0.717, 1.165) is 21.9 Å². The quantitative estimate of drug-likeness (QED) is 0.537. The van der Waals surface area contributed by atoms with Crippen LogP contribution in [0.4, 0.5) is 0 Å². The summed E-state index contributed by atoms with van der Waals surface area (Å²) in [5.41, 5.74) is 2.24. The highest BCUT2D eigenvalue weighted by molar-refractivity contribution is 5.99. The van der Waals surface area contributed by atoms with Crippen LogP contribution in [0.3, 0.4) is 0 Å². The van der Waals surface area contributed by atoms with E-state index in [9.17, 15) is 14.7 Å². The molecule has 3 aromatic carbocycles. The number of rotatable bonds is 3.